The molecule has 0 N–H and O–H groups in total. The van der Waals surface area contributed by atoms with Gasteiger partial charge in [0.2, 0.25) is 0 Å². The van der Waals surface area contributed by atoms with Crippen molar-refractivity contribution in [1.82, 2.24) is 0 Å². The van der Waals surface area contributed by atoms with Crippen LogP contribution in [0.5, 0.6) is 5.75 Å². The molecule has 0 spiro atoms. The molecule has 4 rings (SSSR count). The number of alkyl halides is 1. The molecule has 0 saturated heterocycles. The van der Waals surface area contributed by atoms with Crippen molar-refractivity contribution in [2.75, 3.05) is 5.52 Å². The highest BCUT2D eigenvalue weighted by Gasteiger charge is 2.10. The largest absolute Gasteiger partial charge is 0.482 e. The summed E-state index contributed by atoms with van der Waals surface area (Å²) in [4.78, 5) is 0. The lowest BCUT2D eigenvalue weighted by molar-refractivity contribution is 0.403. The van der Waals surface area contributed by atoms with Gasteiger partial charge in [0.25, 0.3) is 0 Å². The second-order valence-corrected chi connectivity index (χ2v) is 5.13. The second kappa shape index (κ2) is 4.10. The van der Waals surface area contributed by atoms with Crippen LogP contribution in [-0.2, 0) is 0 Å². The molecule has 19 heavy (non-hydrogen) atoms. The SMILES string of the molecule is BrCOc1ccc2ccc3cccc4ccc1c2c34. The lowest BCUT2D eigenvalue weighted by Gasteiger charge is -2.13. The van der Waals surface area contributed by atoms with Crippen molar-refractivity contribution in [3.63, 3.8) is 0 Å². The number of rotatable bonds is 2. The van der Waals surface area contributed by atoms with Crippen LogP contribution in [0.25, 0.3) is 32.3 Å². The van der Waals surface area contributed by atoms with Gasteiger partial charge in [-0.3, -0.25) is 0 Å². The molecule has 0 aliphatic rings. The summed E-state index contributed by atoms with van der Waals surface area (Å²) in [7, 11) is 0. The summed E-state index contributed by atoms with van der Waals surface area (Å²) in [5, 5.41) is 7.65. The van der Waals surface area contributed by atoms with Crippen molar-refractivity contribution >= 4 is 48.2 Å². The summed E-state index contributed by atoms with van der Waals surface area (Å²) >= 11 is 3.33. The Morgan fingerprint density at radius 3 is 2.11 bits per heavy atom. The lowest BCUT2D eigenvalue weighted by atomic mass is 9.94. The van der Waals surface area contributed by atoms with Gasteiger partial charge in [0.05, 0.1) is 0 Å². The Morgan fingerprint density at radius 1 is 0.737 bits per heavy atom. The zero-order chi connectivity index (χ0) is 12.8. The molecule has 92 valence electrons. The maximum absolute atomic E-state index is 5.68. The number of ether oxygens (including phenoxy) is 1. The van der Waals surface area contributed by atoms with E-state index in [0.717, 1.165) is 5.75 Å². The molecule has 0 heterocycles. The minimum absolute atomic E-state index is 0.511. The van der Waals surface area contributed by atoms with Crippen molar-refractivity contribution in [1.29, 1.82) is 0 Å². The zero-order valence-corrected chi connectivity index (χ0v) is 11.8. The maximum atomic E-state index is 5.68. The molecule has 4 aromatic carbocycles. The molecule has 4 aromatic rings. The topological polar surface area (TPSA) is 9.23 Å². The van der Waals surface area contributed by atoms with Crippen LogP contribution < -0.4 is 4.74 Å². The fraction of sp³-hybridized carbons (Fsp3) is 0.0588. The van der Waals surface area contributed by atoms with Crippen molar-refractivity contribution in [2.24, 2.45) is 0 Å². The van der Waals surface area contributed by atoms with Crippen LogP contribution in [0.15, 0.2) is 54.6 Å². The van der Waals surface area contributed by atoms with E-state index < -0.39 is 0 Å². The molecule has 0 bridgehead atoms. The van der Waals surface area contributed by atoms with Crippen LogP contribution in [0.1, 0.15) is 0 Å². The van der Waals surface area contributed by atoms with Gasteiger partial charge in [-0.25, -0.2) is 0 Å². The third-order valence-corrected chi connectivity index (χ3v) is 3.93. The summed E-state index contributed by atoms with van der Waals surface area (Å²) in [5.74, 6) is 0.933. The van der Waals surface area contributed by atoms with Crippen molar-refractivity contribution in [2.45, 2.75) is 0 Å². The molecule has 2 heteroatoms. The van der Waals surface area contributed by atoms with E-state index in [1.54, 1.807) is 0 Å². The standard InChI is InChI=1S/C17H11BrO/c18-10-19-15-9-7-13-5-4-11-2-1-3-12-6-8-14(15)17(13)16(11)12/h1-9H,10H2. The van der Waals surface area contributed by atoms with E-state index in [9.17, 15) is 0 Å². The summed E-state index contributed by atoms with van der Waals surface area (Å²) in [5.41, 5.74) is 0.511. The van der Waals surface area contributed by atoms with Crippen LogP contribution in [0.4, 0.5) is 0 Å². The first-order chi connectivity index (χ1) is 9.38. The fourth-order valence-electron chi connectivity index (χ4n) is 2.89. The van der Waals surface area contributed by atoms with Gasteiger partial charge in [0.15, 0.2) is 0 Å². The Hall–Kier alpha value is -1.80. The molecule has 0 aliphatic heterocycles. The predicted molar refractivity (Wildman–Crippen MR) is 84.6 cm³/mol. The van der Waals surface area contributed by atoms with Crippen molar-refractivity contribution in [3.05, 3.63) is 54.6 Å². The molecule has 0 radical (unpaired) electrons. The van der Waals surface area contributed by atoms with Gasteiger partial charge in [-0.05, 0) is 49.6 Å². The molecule has 0 atom stereocenters. The highest BCUT2D eigenvalue weighted by Crippen LogP contribution is 2.38. The van der Waals surface area contributed by atoms with E-state index in [0.29, 0.717) is 5.52 Å². The molecule has 0 fully saturated rings. The Morgan fingerprint density at radius 2 is 1.37 bits per heavy atom. The number of hydrogen-bond acceptors (Lipinski definition) is 1. The summed E-state index contributed by atoms with van der Waals surface area (Å²) in [6.07, 6.45) is 0. The lowest BCUT2D eigenvalue weighted by Crippen LogP contribution is -1.91. The zero-order valence-electron chi connectivity index (χ0n) is 10.2. The average molecular weight is 311 g/mol. The van der Waals surface area contributed by atoms with E-state index in [-0.39, 0.29) is 0 Å². The Labute approximate surface area is 119 Å². The Bertz CT molecular complexity index is 866. The van der Waals surface area contributed by atoms with Crippen LogP contribution in [0.3, 0.4) is 0 Å². The second-order valence-electron chi connectivity index (χ2n) is 4.67. The van der Waals surface area contributed by atoms with Gasteiger partial charge in [0, 0.05) is 10.8 Å². The smallest absolute Gasteiger partial charge is 0.143 e. The van der Waals surface area contributed by atoms with E-state index in [2.05, 4.69) is 64.5 Å². The van der Waals surface area contributed by atoms with Gasteiger partial charge < -0.3 is 4.74 Å². The van der Waals surface area contributed by atoms with Gasteiger partial charge >= 0.3 is 0 Å². The fourth-order valence-corrected chi connectivity index (χ4v) is 3.14. The van der Waals surface area contributed by atoms with E-state index >= 15 is 0 Å². The number of hydrogen-bond donors (Lipinski definition) is 0. The molecular weight excluding hydrogens is 300 g/mol. The van der Waals surface area contributed by atoms with Crippen LogP contribution >= 0.6 is 15.9 Å². The Balaban J connectivity index is 2.28. The first-order valence-electron chi connectivity index (χ1n) is 6.24. The molecule has 0 aromatic heterocycles. The number of benzene rings is 4. The monoisotopic (exact) mass is 310 g/mol. The normalized spacial score (nSPS) is 11.6. The van der Waals surface area contributed by atoms with Gasteiger partial charge in [-0.1, -0.05) is 42.5 Å². The predicted octanol–water partition coefficient (Wildman–Crippen LogP) is 5.32. The minimum atomic E-state index is 0.511. The van der Waals surface area contributed by atoms with Crippen molar-refractivity contribution < 1.29 is 4.74 Å². The molecule has 0 unspecified atom stereocenters. The van der Waals surface area contributed by atoms with E-state index in [4.69, 9.17) is 4.74 Å². The third kappa shape index (κ3) is 1.53. The van der Waals surface area contributed by atoms with Crippen LogP contribution in [0.2, 0.25) is 0 Å². The van der Waals surface area contributed by atoms with E-state index in [1.165, 1.54) is 32.3 Å². The quantitative estimate of drug-likeness (QED) is 0.360. The molecular formula is C17H11BrO. The van der Waals surface area contributed by atoms with Crippen LogP contribution in [-0.4, -0.2) is 5.52 Å². The highest BCUT2D eigenvalue weighted by molar-refractivity contribution is 9.09. The molecule has 1 nitrogen and oxygen atoms in total. The maximum Gasteiger partial charge on any atom is 0.143 e. The Kier molecular flexibility index (Phi) is 2.39. The molecule has 0 aliphatic carbocycles. The van der Waals surface area contributed by atoms with Gasteiger partial charge in [-0.2, -0.15) is 0 Å². The van der Waals surface area contributed by atoms with Crippen molar-refractivity contribution in [3.8, 4) is 5.75 Å². The summed E-state index contributed by atoms with van der Waals surface area (Å²) < 4.78 is 5.68. The van der Waals surface area contributed by atoms with E-state index in [1.807, 2.05) is 6.07 Å². The first kappa shape index (κ1) is 11.1. The van der Waals surface area contributed by atoms with Crippen LogP contribution in [0, 0.1) is 0 Å². The average Bonchev–Trinajstić information content (AvgIpc) is 2.46. The summed E-state index contributed by atoms with van der Waals surface area (Å²) in [6, 6.07) is 19.3. The number of halogens is 1. The highest BCUT2D eigenvalue weighted by atomic mass is 79.9. The molecule has 0 amide bonds. The third-order valence-electron chi connectivity index (χ3n) is 3.70. The van der Waals surface area contributed by atoms with Gasteiger partial charge in [-0.15, -0.1) is 0 Å². The van der Waals surface area contributed by atoms with Gasteiger partial charge in [0.1, 0.15) is 11.3 Å². The summed E-state index contributed by atoms with van der Waals surface area (Å²) in [6.45, 7) is 0. The first-order valence-corrected chi connectivity index (χ1v) is 7.36. The minimum Gasteiger partial charge on any atom is -0.482 e. The molecule has 0 saturated carbocycles.